The second kappa shape index (κ2) is 7.62. The van der Waals surface area contributed by atoms with E-state index in [-0.39, 0.29) is 18.0 Å². The van der Waals surface area contributed by atoms with Crippen molar-refractivity contribution in [2.24, 2.45) is 0 Å². The number of hydrogen-bond acceptors (Lipinski definition) is 3. The maximum absolute atomic E-state index is 13.0. The second-order valence-electron chi connectivity index (χ2n) is 6.27. The first-order valence-electron chi connectivity index (χ1n) is 8.82. The summed E-state index contributed by atoms with van der Waals surface area (Å²) in [6, 6.07) is 10.00. The summed E-state index contributed by atoms with van der Waals surface area (Å²) < 4.78 is 2.14. The van der Waals surface area contributed by atoms with Gasteiger partial charge in [0.25, 0.3) is 0 Å². The van der Waals surface area contributed by atoms with Crippen LogP contribution in [0.25, 0.3) is 0 Å². The zero-order valence-electron chi connectivity index (χ0n) is 14.5. The van der Waals surface area contributed by atoms with Gasteiger partial charge < -0.3 is 9.88 Å². The van der Waals surface area contributed by atoms with Crippen molar-refractivity contribution >= 4 is 5.91 Å². The van der Waals surface area contributed by atoms with E-state index < -0.39 is 0 Å². The first kappa shape index (κ1) is 16.7. The van der Waals surface area contributed by atoms with E-state index in [1.54, 1.807) is 0 Å². The zero-order valence-corrected chi connectivity index (χ0v) is 14.5. The molecule has 2 atom stereocenters. The summed E-state index contributed by atoms with van der Waals surface area (Å²) in [5.74, 6) is 1.21. The highest BCUT2D eigenvalue weighted by atomic mass is 16.2. The van der Waals surface area contributed by atoms with Crippen LogP contribution in [0.2, 0.25) is 0 Å². The highest BCUT2D eigenvalue weighted by Crippen LogP contribution is 2.22. The van der Waals surface area contributed by atoms with Crippen LogP contribution in [-0.2, 0) is 17.8 Å². The molecule has 0 spiro atoms. The Morgan fingerprint density at radius 3 is 2.79 bits per heavy atom. The predicted molar refractivity (Wildman–Crippen MR) is 94.6 cm³/mol. The number of aryl methyl sites for hydroxylation is 1. The Kier molecular flexibility index (Phi) is 5.30. The van der Waals surface area contributed by atoms with Gasteiger partial charge in [0.2, 0.25) is 5.91 Å². The molecule has 1 amide bonds. The standard InChI is InChI=1S/C19H26N4O/c1-3-22(4-2)18(15-8-6-5-7-9-15)19(24)21-16-10-11-17-20-12-13-23(17)14-16/h5-9,12-13,16,18H,3-4,10-11,14H2,1-2H3,(H,21,24)/t16-,18+/m1/s1. The Labute approximate surface area is 143 Å². The molecular weight excluding hydrogens is 300 g/mol. The summed E-state index contributed by atoms with van der Waals surface area (Å²) in [5.41, 5.74) is 1.05. The number of nitrogens with zero attached hydrogens (tertiary/aromatic N) is 3. The van der Waals surface area contributed by atoms with Crippen LogP contribution in [0.4, 0.5) is 0 Å². The Bertz CT molecular complexity index is 663. The van der Waals surface area contributed by atoms with Gasteiger partial charge in [-0.05, 0) is 25.1 Å². The van der Waals surface area contributed by atoms with Gasteiger partial charge in [0.15, 0.2) is 0 Å². The lowest BCUT2D eigenvalue weighted by Gasteiger charge is -2.32. The molecule has 1 aromatic heterocycles. The molecular formula is C19H26N4O. The Balaban J connectivity index is 1.74. The van der Waals surface area contributed by atoms with E-state index in [0.29, 0.717) is 0 Å². The van der Waals surface area contributed by atoms with Gasteiger partial charge >= 0.3 is 0 Å². The third kappa shape index (κ3) is 3.51. The van der Waals surface area contributed by atoms with Crippen LogP contribution >= 0.6 is 0 Å². The molecule has 128 valence electrons. The maximum atomic E-state index is 13.0. The molecule has 1 aliphatic heterocycles. The third-order valence-corrected chi connectivity index (χ3v) is 4.82. The van der Waals surface area contributed by atoms with Crippen LogP contribution in [0.1, 0.15) is 37.7 Å². The van der Waals surface area contributed by atoms with E-state index in [0.717, 1.165) is 43.9 Å². The Morgan fingerprint density at radius 1 is 1.33 bits per heavy atom. The van der Waals surface area contributed by atoms with Gasteiger partial charge in [-0.1, -0.05) is 44.2 Å². The maximum Gasteiger partial charge on any atom is 0.242 e. The van der Waals surface area contributed by atoms with Crippen LogP contribution in [0.3, 0.4) is 0 Å². The van der Waals surface area contributed by atoms with Crippen molar-refractivity contribution in [2.45, 2.75) is 45.3 Å². The van der Waals surface area contributed by atoms with Crippen molar-refractivity contribution in [1.29, 1.82) is 0 Å². The molecule has 0 unspecified atom stereocenters. The van der Waals surface area contributed by atoms with E-state index >= 15 is 0 Å². The third-order valence-electron chi connectivity index (χ3n) is 4.82. The topological polar surface area (TPSA) is 50.2 Å². The fourth-order valence-corrected chi connectivity index (χ4v) is 3.52. The highest BCUT2D eigenvalue weighted by molar-refractivity contribution is 5.83. The van der Waals surface area contributed by atoms with Crippen LogP contribution < -0.4 is 5.32 Å². The number of benzene rings is 1. The smallest absolute Gasteiger partial charge is 0.242 e. The molecule has 5 heteroatoms. The molecule has 2 aromatic rings. The molecule has 0 saturated heterocycles. The van der Waals surface area contributed by atoms with Crippen LogP contribution in [0, 0.1) is 0 Å². The number of fused-ring (bicyclic) bond motifs is 1. The van der Waals surface area contributed by atoms with Gasteiger partial charge in [-0.15, -0.1) is 0 Å². The number of imidazole rings is 1. The zero-order chi connectivity index (χ0) is 16.9. The summed E-state index contributed by atoms with van der Waals surface area (Å²) >= 11 is 0. The van der Waals surface area contributed by atoms with E-state index in [1.807, 2.05) is 42.7 Å². The molecule has 0 aliphatic carbocycles. The minimum absolute atomic E-state index is 0.0958. The molecule has 0 radical (unpaired) electrons. The van der Waals surface area contributed by atoms with Crippen molar-refractivity contribution in [3.63, 3.8) is 0 Å². The summed E-state index contributed by atoms with van der Waals surface area (Å²) in [5, 5.41) is 3.27. The number of carbonyl (C=O) groups excluding carboxylic acids is 1. The SMILES string of the molecule is CCN(CC)[C@H](C(=O)N[C@@H]1CCc2nccn2C1)c1ccccc1. The van der Waals surface area contributed by atoms with Gasteiger partial charge in [0, 0.05) is 31.4 Å². The first-order valence-corrected chi connectivity index (χ1v) is 8.82. The van der Waals surface area contributed by atoms with E-state index in [1.165, 1.54) is 0 Å². The fraction of sp³-hybridized carbons (Fsp3) is 0.474. The number of likely N-dealkylation sites (N-methyl/N-ethyl adjacent to an activating group) is 1. The summed E-state index contributed by atoms with van der Waals surface area (Å²) in [4.78, 5) is 19.6. The van der Waals surface area contributed by atoms with Crippen molar-refractivity contribution in [3.8, 4) is 0 Å². The lowest BCUT2D eigenvalue weighted by molar-refractivity contribution is -0.127. The number of nitrogens with one attached hydrogen (secondary N) is 1. The van der Waals surface area contributed by atoms with E-state index in [4.69, 9.17) is 0 Å². The highest BCUT2D eigenvalue weighted by Gasteiger charge is 2.28. The Hall–Kier alpha value is -2.14. The van der Waals surface area contributed by atoms with E-state index in [9.17, 15) is 4.79 Å². The number of rotatable bonds is 6. The van der Waals surface area contributed by atoms with E-state index in [2.05, 4.69) is 33.6 Å². The van der Waals surface area contributed by atoms with Crippen LogP contribution in [0.5, 0.6) is 0 Å². The van der Waals surface area contributed by atoms with Gasteiger partial charge in [0.1, 0.15) is 11.9 Å². The molecule has 1 aromatic carbocycles. The molecule has 3 rings (SSSR count). The number of amides is 1. The first-order chi connectivity index (χ1) is 11.7. The monoisotopic (exact) mass is 326 g/mol. The summed E-state index contributed by atoms with van der Waals surface area (Å²) in [7, 11) is 0. The fourth-order valence-electron chi connectivity index (χ4n) is 3.52. The lowest BCUT2D eigenvalue weighted by Crippen LogP contribution is -2.47. The van der Waals surface area contributed by atoms with Gasteiger partial charge in [-0.25, -0.2) is 4.98 Å². The quantitative estimate of drug-likeness (QED) is 0.887. The lowest BCUT2D eigenvalue weighted by atomic mass is 10.0. The molecule has 0 fully saturated rings. The minimum atomic E-state index is -0.231. The molecule has 1 N–H and O–H groups in total. The van der Waals surface area contributed by atoms with Crippen molar-refractivity contribution in [3.05, 3.63) is 54.1 Å². The number of hydrogen-bond donors (Lipinski definition) is 1. The van der Waals surface area contributed by atoms with Crippen molar-refractivity contribution in [1.82, 2.24) is 19.8 Å². The molecule has 1 aliphatic rings. The molecule has 5 nitrogen and oxygen atoms in total. The number of aromatic nitrogens is 2. The molecule has 24 heavy (non-hydrogen) atoms. The second-order valence-corrected chi connectivity index (χ2v) is 6.27. The number of carbonyl (C=O) groups is 1. The molecule has 0 saturated carbocycles. The summed E-state index contributed by atoms with van der Waals surface area (Å²) in [6.07, 6.45) is 5.69. The average Bonchev–Trinajstić information content (AvgIpc) is 3.07. The van der Waals surface area contributed by atoms with Crippen molar-refractivity contribution < 1.29 is 4.79 Å². The predicted octanol–water partition coefficient (Wildman–Crippen LogP) is 2.40. The average molecular weight is 326 g/mol. The van der Waals surface area contributed by atoms with Gasteiger partial charge in [-0.2, -0.15) is 0 Å². The molecule has 2 heterocycles. The van der Waals surface area contributed by atoms with Gasteiger partial charge in [-0.3, -0.25) is 9.69 Å². The van der Waals surface area contributed by atoms with Crippen LogP contribution in [0.15, 0.2) is 42.7 Å². The summed E-state index contributed by atoms with van der Waals surface area (Å²) in [6.45, 7) is 6.71. The minimum Gasteiger partial charge on any atom is -0.350 e. The van der Waals surface area contributed by atoms with Crippen LogP contribution in [-0.4, -0.2) is 39.5 Å². The van der Waals surface area contributed by atoms with Crippen molar-refractivity contribution in [2.75, 3.05) is 13.1 Å². The molecule has 0 bridgehead atoms. The normalized spacial score (nSPS) is 18.2. The van der Waals surface area contributed by atoms with Gasteiger partial charge in [0.05, 0.1) is 0 Å². The largest absolute Gasteiger partial charge is 0.350 e. The Morgan fingerprint density at radius 2 is 2.08 bits per heavy atom.